The average Bonchev–Trinajstić information content (AvgIpc) is 3.67. The fourth-order valence-corrected chi connectivity index (χ4v) is 6.14. The number of H-pyrrole nitrogens is 1. The van der Waals surface area contributed by atoms with Crippen LogP contribution in [0.5, 0.6) is 0 Å². The van der Waals surface area contributed by atoms with Crippen molar-refractivity contribution in [3.8, 4) is 0 Å². The summed E-state index contributed by atoms with van der Waals surface area (Å²) < 4.78 is 0. The number of amides is 2. The minimum atomic E-state index is -0.258. The third kappa shape index (κ3) is 5.40. The highest BCUT2D eigenvalue weighted by atomic mass is 16.3. The van der Waals surface area contributed by atoms with Gasteiger partial charge in [0.25, 0.3) is 0 Å². The number of nitrogens with zero attached hydrogens (tertiary/aromatic N) is 4. The van der Waals surface area contributed by atoms with Gasteiger partial charge in [-0.3, -0.25) is 0 Å². The van der Waals surface area contributed by atoms with Crippen molar-refractivity contribution in [2.45, 2.75) is 31.6 Å². The molecule has 9 nitrogen and oxygen atoms in total. The number of carbonyl (C=O) groups is 1. The van der Waals surface area contributed by atoms with Gasteiger partial charge in [0.1, 0.15) is 17.8 Å². The lowest BCUT2D eigenvalue weighted by Gasteiger charge is -2.39. The molecular formula is C30H35N7O2. The number of carbonyl (C=O) groups excluding carboxylic acids is 1. The van der Waals surface area contributed by atoms with E-state index in [1.165, 1.54) is 12.8 Å². The minimum Gasteiger partial charge on any atom is -0.396 e. The lowest BCUT2D eigenvalue weighted by molar-refractivity contribution is 0.226. The zero-order valence-electron chi connectivity index (χ0n) is 22.0. The third-order valence-electron chi connectivity index (χ3n) is 8.06. The Kier molecular flexibility index (Phi) is 7.31. The topological polar surface area (TPSA) is 109 Å². The number of urea groups is 1. The maximum atomic E-state index is 13.0. The number of nitrogens with one attached hydrogen (secondary N) is 3. The molecule has 2 fully saturated rings. The van der Waals surface area contributed by atoms with E-state index in [0.717, 1.165) is 78.5 Å². The summed E-state index contributed by atoms with van der Waals surface area (Å²) in [6, 6.07) is 17.8. The first-order valence-corrected chi connectivity index (χ1v) is 13.9. The number of hydrogen-bond acceptors (Lipinski definition) is 6. The normalized spacial score (nSPS) is 19.4. The summed E-state index contributed by atoms with van der Waals surface area (Å²) in [6.45, 7) is 3.84. The van der Waals surface area contributed by atoms with E-state index < -0.39 is 0 Å². The second-order valence-corrected chi connectivity index (χ2v) is 10.5. The lowest BCUT2D eigenvalue weighted by atomic mass is 9.79. The van der Waals surface area contributed by atoms with Crippen LogP contribution in [0, 0.1) is 5.92 Å². The number of piperidine rings is 1. The molecule has 2 aliphatic rings. The molecule has 0 radical (unpaired) electrons. The highest BCUT2D eigenvalue weighted by molar-refractivity contribution is 6.02. The molecule has 4 N–H and O–H groups in total. The van der Waals surface area contributed by atoms with E-state index in [1.54, 1.807) is 6.33 Å². The maximum absolute atomic E-state index is 13.0. The van der Waals surface area contributed by atoms with Crippen molar-refractivity contribution in [1.29, 1.82) is 0 Å². The number of anilines is 4. The molecule has 2 aromatic heterocycles. The van der Waals surface area contributed by atoms with Crippen LogP contribution in [0.1, 0.15) is 37.2 Å². The lowest BCUT2D eigenvalue weighted by Crippen LogP contribution is -2.40. The first-order valence-electron chi connectivity index (χ1n) is 13.9. The molecule has 2 aliphatic heterocycles. The number of benzene rings is 2. The number of aromatic amines is 1. The van der Waals surface area contributed by atoms with Crippen LogP contribution in [0.3, 0.4) is 0 Å². The fraction of sp³-hybridized carbons (Fsp3) is 0.367. The van der Waals surface area contributed by atoms with Crippen LogP contribution < -0.4 is 20.4 Å². The minimum absolute atomic E-state index is 0.160. The van der Waals surface area contributed by atoms with Crippen LogP contribution in [0.15, 0.2) is 67.1 Å². The van der Waals surface area contributed by atoms with E-state index in [1.807, 2.05) is 42.6 Å². The molecule has 39 heavy (non-hydrogen) atoms. The molecule has 0 bridgehead atoms. The Bertz CT molecular complexity index is 1430. The van der Waals surface area contributed by atoms with E-state index in [-0.39, 0.29) is 18.6 Å². The Labute approximate surface area is 228 Å². The summed E-state index contributed by atoms with van der Waals surface area (Å²) in [5.74, 6) is 1.46. The van der Waals surface area contributed by atoms with Crippen molar-refractivity contribution in [3.63, 3.8) is 0 Å². The van der Waals surface area contributed by atoms with Crippen LogP contribution in [0.4, 0.5) is 27.7 Å². The van der Waals surface area contributed by atoms with Gasteiger partial charge in [0.15, 0.2) is 0 Å². The largest absolute Gasteiger partial charge is 0.396 e. The quantitative estimate of drug-likeness (QED) is 0.264. The van der Waals surface area contributed by atoms with E-state index in [0.29, 0.717) is 5.92 Å². The SMILES string of the molecule is O=C(Nc1cccc(C2CN(c3ncnc4[nH]ccc34)CCC2CCO)c1)Nc1ccccc1N1CCCC1. The number of aromatic nitrogens is 3. The van der Waals surface area contributed by atoms with Crippen LogP contribution in [-0.2, 0) is 0 Å². The molecule has 0 aliphatic carbocycles. The van der Waals surface area contributed by atoms with Gasteiger partial charge in [-0.15, -0.1) is 0 Å². The first-order chi connectivity index (χ1) is 19.2. The molecule has 6 rings (SSSR count). The standard InChI is InChI=1S/C30H35N7O2/c38-17-12-21-11-16-37(29-24-10-13-31-28(24)32-20-33-29)19-25(21)22-6-5-7-23(18-22)34-30(39)35-26-8-1-2-9-27(26)36-14-3-4-15-36/h1-2,5-10,13,18,20-21,25,38H,3-4,11-12,14-17,19H2,(H,31,32,33)(H2,34,35,39). The summed E-state index contributed by atoms with van der Waals surface area (Å²) in [6.07, 6.45) is 7.55. The molecule has 2 saturated heterocycles. The van der Waals surface area contributed by atoms with Gasteiger partial charge in [-0.1, -0.05) is 24.3 Å². The second kappa shape index (κ2) is 11.3. The molecule has 2 aromatic carbocycles. The molecular weight excluding hydrogens is 490 g/mol. The predicted molar refractivity (Wildman–Crippen MR) is 156 cm³/mol. The number of fused-ring (bicyclic) bond motifs is 1. The highest BCUT2D eigenvalue weighted by Crippen LogP contribution is 2.38. The zero-order chi connectivity index (χ0) is 26.6. The number of hydrogen-bond donors (Lipinski definition) is 4. The van der Waals surface area contributed by atoms with Gasteiger partial charge in [0, 0.05) is 50.6 Å². The van der Waals surface area contributed by atoms with E-state index >= 15 is 0 Å². The van der Waals surface area contributed by atoms with E-state index in [2.05, 4.69) is 53.6 Å². The molecule has 4 aromatic rings. The van der Waals surface area contributed by atoms with Crippen molar-refractivity contribution >= 4 is 39.9 Å². The van der Waals surface area contributed by atoms with Crippen molar-refractivity contribution in [1.82, 2.24) is 15.0 Å². The Morgan fingerprint density at radius 3 is 2.74 bits per heavy atom. The zero-order valence-corrected chi connectivity index (χ0v) is 22.0. The number of aliphatic hydroxyl groups excluding tert-OH is 1. The smallest absolute Gasteiger partial charge is 0.323 e. The monoisotopic (exact) mass is 525 g/mol. The summed E-state index contributed by atoms with van der Waals surface area (Å²) >= 11 is 0. The van der Waals surface area contributed by atoms with Crippen molar-refractivity contribution in [3.05, 3.63) is 72.7 Å². The molecule has 0 spiro atoms. The highest BCUT2D eigenvalue weighted by Gasteiger charge is 2.31. The Balaban J connectivity index is 1.20. The summed E-state index contributed by atoms with van der Waals surface area (Å²) in [5.41, 5.74) is 4.61. The second-order valence-electron chi connectivity index (χ2n) is 10.5. The summed E-state index contributed by atoms with van der Waals surface area (Å²) in [5, 5.41) is 16.9. The molecule has 4 heterocycles. The van der Waals surface area contributed by atoms with Crippen molar-refractivity contribution in [2.24, 2.45) is 5.92 Å². The van der Waals surface area contributed by atoms with Crippen LogP contribution in [0.2, 0.25) is 0 Å². The number of rotatable bonds is 7. The van der Waals surface area contributed by atoms with Crippen LogP contribution in [0.25, 0.3) is 11.0 Å². The van der Waals surface area contributed by atoms with E-state index in [4.69, 9.17) is 0 Å². The van der Waals surface area contributed by atoms with Gasteiger partial charge in [-0.05, 0) is 67.5 Å². The molecule has 2 unspecified atom stereocenters. The summed E-state index contributed by atoms with van der Waals surface area (Å²) in [4.78, 5) is 29.8. The van der Waals surface area contributed by atoms with Crippen LogP contribution in [-0.4, -0.2) is 58.9 Å². The number of para-hydroxylation sites is 2. The van der Waals surface area contributed by atoms with Gasteiger partial charge in [-0.2, -0.15) is 0 Å². The third-order valence-corrected chi connectivity index (χ3v) is 8.06. The molecule has 0 saturated carbocycles. The molecule has 202 valence electrons. The Hall–Kier alpha value is -4.11. The van der Waals surface area contributed by atoms with Gasteiger partial charge in [0.2, 0.25) is 0 Å². The molecule has 2 atom stereocenters. The van der Waals surface area contributed by atoms with Gasteiger partial charge >= 0.3 is 6.03 Å². The maximum Gasteiger partial charge on any atom is 0.323 e. The molecule has 9 heteroatoms. The Morgan fingerprint density at radius 1 is 1.00 bits per heavy atom. The first kappa shape index (κ1) is 25.2. The van der Waals surface area contributed by atoms with Crippen molar-refractivity contribution in [2.75, 3.05) is 53.2 Å². The number of aliphatic hydroxyl groups is 1. The van der Waals surface area contributed by atoms with Gasteiger partial charge in [0.05, 0.1) is 16.8 Å². The average molecular weight is 526 g/mol. The predicted octanol–water partition coefficient (Wildman–Crippen LogP) is 5.19. The van der Waals surface area contributed by atoms with Gasteiger partial charge < -0.3 is 30.5 Å². The Morgan fingerprint density at radius 2 is 1.87 bits per heavy atom. The van der Waals surface area contributed by atoms with Crippen LogP contribution >= 0.6 is 0 Å². The van der Waals surface area contributed by atoms with Crippen molar-refractivity contribution < 1.29 is 9.90 Å². The van der Waals surface area contributed by atoms with Gasteiger partial charge in [-0.25, -0.2) is 14.8 Å². The summed E-state index contributed by atoms with van der Waals surface area (Å²) in [7, 11) is 0. The molecule has 2 amide bonds. The van der Waals surface area contributed by atoms with E-state index in [9.17, 15) is 9.90 Å². The fourth-order valence-electron chi connectivity index (χ4n) is 6.14.